The molecule has 0 aromatic heterocycles. The molecule has 2 aromatic carbocycles. The topological polar surface area (TPSA) is 21.3 Å². The molecule has 0 spiro atoms. The number of hydrogen-bond acceptors (Lipinski definition) is 2. The Morgan fingerprint density at radius 2 is 1.65 bits per heavy atom. The van der Waals surface area contributed by atoms with Crippen LogP contribution in [0.3, 0.4) is 0 Å². The number of ether oxygens (including phenoxy) is 1. The third kappa shape index (κ3) is 4.42. The summed E-state index contributed by atoms with van der Waals surface area (Å²) in [7, 11) is 1.95. The van der Waals surface area contributed by atoms with E-state index in [1.54, 1.807) is 0 Å². The van der Waals surface area contributed by atoms with E-state index in [-0.39, 0.29) is 0 Å². The molecule has 0 radical (unpaired) electrons. The predicted octanol–water partition coefficient (Wildman–Crippen LogP) is 4.65. The van der Waals surface area contributed by atoms with Gasteiger partial charge in [0.15, 0.2) is 0 Å². The summed E-state index contributed by atoms with van der Waals surface area (Å²) in [5.41, 5.74) is 3.58. The molecule has 2 aromatic rings. The third-order valence-electron chi connectivity index (χ3n) is 2.97. The van der Waals surface area contributed by atoms with Crippen LogP contribution in [0.2, 0.25) is 0 Å². The van der Waals surface area contributed by atoms with Gasteiger partial charge in [0.1, 0.15) is 0 Å². The van der Waals surface area contributed by atoms with Gasteiger partial charge in [0.25, 0.3) is 0 Å². The van der Waals surface area contributed by atoms with Gasteiger partial charge >= 0.3 is 0 Å². The molecule has 0 saturated carbocycles. The van der Waals surface area contributed by atoms with E-state index in [4.69, 9.17) is 4.74 Å². The minimum atomic E-state index is 0.599. The normalized spacial score (nSPS) is 10.8. The molecule has 4 heteroatoms. The molecule has 0 atom stereocenters. The van der Waals surface area contributed by atoms with Crippen LogP contribution in [-0.4, -0.2) is 7.05 Å². The van der Waals surface area contributed by atoms with Crippen LogP contribution in [0.1, 0.15) is 16.7 Å². The minimum absolute atomic E-state index is 0.599. The summed E-state index contributed by atoms with van der Waals surface area (Å²) in [4.78, 5) is 0. The highest BCUT2D eigenvalue weighted by Gasteiger charge is 2.03. The van der Waals surface area contributed by atoms with Gasteiger partial charge in [0, 0.05) is 15.5 Å². The van der Waals surface area contributed by atoms with Gasteiger partial charge in [-0.2, -0.15) is 0 Å². The van der Waals surface area contributed by atoms with E-state index in [0.29, 0.717) is 13.2 Å². The molecule has 0 aliphatic carbocycles. The lowest BCUT2D eigenvalue weighted by Crippen LogP contribution is -2.05. The van der Waals surface area contributed by atoms with Gasteiger partial charge in [-0.15, -0.1) is 0 Å². The maximum Gasteiger partial charge on any atom is 0.0732 e. The number of rotatable bonds is 6. The van der Waals surface area contributed by atoms with Crippen molar-refractivity contribution in [1.29, 1.82) is 0 Å². The van der Waals surface area contributed by atoms with Crippen LogP contribution in [0.25, 0.3) is 0 Å². The van der Waals surface area contributed by atoms with E-state index < -0.39 is 0 Å². The molecule has 1 N–H and O–H groups in total. The standard InChI is InChI=1S/C16H17Br2NO/c1-19-9-12-6-7-14(16(18)8-12)11-20-10-13-4-2-3-5-15(13)17/h2-8,19H,9-11H2,1H3. The Hall–Kier alpha value is -0.680. The zero-order valence-electron chi connectivity index (χ0n) is 11.3. The number of benzene rings is 2. The van der Waals surface area contributed by atoms with Crippen LogP contribution < -0.4 is 5.32 Å². The number of hydrogen-bond donors (Lipinski definition) is 1. The van der Waals surface area contributed by atoms with Crippen molar-refractivity contribution in [3.05, 3.63) is 68.1 Å². The lowest BCUT2D eigenvalue weighted by molar-refractivity contribution is 0.106. The van der Waals surface area contributed by atoms with Crippen molar-refractivity contribution in [3.8, 4) is 0 Å². The summed E-state index contributed by atoms with van der Waals surface area (Å²) >= 11 is 7.13. The highest BCUT2D eigenvalue weighted by Crippen LogP contribution is 2.21. The second-order valence-corrected chi connectivity index (χ2v) is 6.25. The summed E-state index contributed by atoms with van der Waals surface area (Å²) in [6, 6.07) is 14.5. The second-order valence-electron chi connectivity index (χ2n) is 4.54. The SMILES string of the molecule is CNCc1ccc(COCc2ccccc2Br)c(Br)c1. The minimum Gasteiger partial charge on any atom is -0.372 e. The molecule has 0 unspecified atom stereocenters. The Bertz CT molecular complexity index is 572. The van der Waals surface area contributed by atoms with Gasteiger partial charge in [-0.3, -0.25) is 0 Å². The second kappa shape index (κ2) is 7.93. The zero-order valence-corrected chi connectivity index (χ0v) is 14.5. The van der Waals surface area contributed by atoms with Crippen LogP contribution in [0.15, 0.2) is 51.4 Å². The van der Waals surface area contributed by atoms with Gasteiger partial charge in [0.05, 0.1) is 13.2 Å². The molecule has 0 saturated heterocycles. The molecule has 0 aliphatic rings. The van der Waals surface area contributed by atoms with Crippen LogP contribution in [0.4, 0.5) is 0 Å². The number of halogens is 2. The maximum absolute atomic E-state index is 5.79. The largest absolute Gasteiger partial charge is 0.372 e. The van der Waals surface area contributed by atoms with Crippen molar-refractivity contribution in [2.45, 2.75) is 19.8 Å². The first-order chi connectivity index (χ1) is 9.70. The van der Waals surface area contributed by atoms with Crippen molar-refractivity contribution in [1.82, 2.24) is 5.32 Å². The Morgan fingerprint density at radius 1 is 0.950 bits per heavy atom. The van der Waals surface area contributed by atoms with E-state index in [1.807, 2.05) is 25.2 Å². The van der Waals surface area contributed by atoms with Crippen LogP contribution in [-0.2, 0) is 24.5 Å². The molecule has 0 amide bonds. The van der Waals surface area contributed by atoms with Gasteiger partial charge < -0.3 is 10.1 Å². The summed E-state index contributed by atoms with van der Waals surface area (Å²) in [6.07, 6.45) is 0. The van der Waals surface area contributed by atoms with Crippen LogP contribution in [0.5, 0.6) is 0 Å². The van der Waals surface area contributed by atoms with Gasteiger partial charge in [0.2, 0.25) is 0 Å². The first-order valence-electron chi connectivity index (χ1n) is 6.43. The molecule has 0 fully saturated rings. The lowest BCUT2D eigenvalue weighted by Gasteiger charge is -2.09. The zero-order chi connectivity index (χ0) is 14.4. The maximum atomic E-state index is 5.79. The van der Waals surface area contributed by atoms with E-state index in [9.17, 15) is 0 Å². The monoisotopic (exact) mass is 397 g/mol. The third-order valence-corrected chi connectivity index (χ3v) is 4.48. The fourth-order valence-electron chi connectivity index (χ4n) is 1.91. The van der Waals surface area contributed by atoms with E-state index in [1.165, 1.54) is 5.56 Å². The predicted molar refractivity (Wildman–Crippen MR) is 89.5 cm³/mol. The van der Waals surface area contributed by atoms with Crippen LogP contribution >= 0.6 is 31.9 Å². The summed E-state index contributed by atoms with van der Waals surface area (Å²) in [5, 5.41) is 3.14. The molecule has 0 aliphatic heterocycles. The Kier molecular flexibility index (Phi) is 6.23. The van der Waals surface area contributed by atoms with E-state index in [2.05, 4.69) is 61.4 Å². The summed E-state index contributed by atoms with van der Waals surface area (Å²) in [5.74, 6) is 0. The summed E-state index contributed by atoms with van der Waals surface area (Å²) in [6.45, 7) is 2.07. The Balaban J connectivity index is 1.93. The first kappa shape index (κ1) is 15.7. The molecular weight excluding hydrogens is 382 g/mol. The molecule has 106 valence electrons. The molecule has 0 bridgehead atoms. The van der Waals surface area contributed by atoms with Crippen molar-refractivity contribution >= 4 is 31.9 Å². The van der Waals surface area contributed by atoms with Gasteiger partial charge in [-0.1, -0.05) is 62.2 Å². The van der Waals surface area contributed by atoms with Gasteiger partial charge in [-0.05, 0) is 35.9 Å². The summed E-state index contributed by atoms with van der Waals surface area (Å²) < 4.78 is 7.97. The fourth-order valence-corrected chi connectivity index (χ4v) is 2.85. The molecular formula is C16H17Br2NO. The highest BCUT2D eigenvalue weighted by atomic mass is 79.9. The Labute approximate surface area is 136 Å². The Morgan fingerprint density at radius 3 is 2.30 bits per heavy atom. The highest BCUT2D eigenvalue weighted by molar-refractivity contribution is 9.10. The smallest absolute Gasteiger partial charge is 0.0732 e. The molecule has 2 nitrogen and oxygen atoms in total. The first-order valence-corrected chi connectivity index (χ1v) is 8.02. The van der Waals surface area contributed by atoms with Crippen molar-refractivity contribution in [3.63, 3.8) is 0 Å². The lowest BCUT2D eigenvalue weighted by atomic mass is 10.1. The average Bonchev–Trinajstić information content (AvgIpc) is 2.43. The van der Waals surface area contributed by atoms with Crippen molar-refractivity contribution < 1.29 is 4.74 Å². The average molecular weight is 399 g/mol. The van der Waals surface area contributed by atoms with Crippen molar-refractivity contribution in [2.75, 3.05) is 7.05 Å². The van der Waals surface area contributed by atoms with Crippen LogP contribution in [0, 0.1) is 0 Å². The molecule has 0 heterocycles. The quantitative estimate of drug-likeness (QED) is 0.764. The van der Waals surface area contributed by atoms with Crippen molar-refractivity contribution in [2.24, 2.45) is 0 Å². The van der Waals surface area contributed by atoms with E-state index >= 15 is 0 Å². The fraction of sp³-hybridized carbons (Fsp3) is 0.250. The molecule has 20 heavy (non-hydrogen) atoms. The van der Waals surface area contributed by atoms with E-state index in [0.717, 1.165) is 26.6 Å². The van der Waals surface area contributed by atoms with Gasteiger partial charge in [-0.25, -0.2) is 0 Å². The number of nitrogens with one attached hydrogen (secondary N) is 1. The molecule has 2 rings (SSSR count).